The van der Waals surface area contributed by atoms with Crippen LogP contribution in [0.15, 0.2) is 40.8 Å². The van der Waals surface area contributed by atoms with Gasteiger partial charge in [0.25, 0.3) is 0 Å². The molecular weight excluding hydrogens is 687 g/mol. The van der Waals surface area contributed by atoms with E-state index in [-0.39, 0.29) is 62.6 Å². The number of fused-ring (bicyclic) bond motifs is 3. The topological polar surface area (TPSA) is 111 Å². The number of aryl methyl sites for hydroxylation is 1. The van der Waals surface area contributed by atoms with Crippen molar-refractivity contribution < 1.29 is 32.5 Å². The van der Waals surface area contributed by atoms with Crippen molar-refractivity contribution in [2.24, 2.45) is 62.6 Å². The molecule has 0 amide bonds. The number of allylic oxidation sites excluding steroid dienone is 1. The normalized spacial score (nSPS) is 41.5. The summed E-state index contributed by atoms with van der Waals surface area (Å²) < 4.78 is 50.4. The summed E-state index contributed by atoms with van der Waals surface area (Å²) in [4.78, 5) is 13.7. The van der Waals surface area contributed by atoms with Crippen LogP contribution in [0.5, 0.6) is 0 Å². The maximum absolute atomic E-state index is 13.6. The average molecular weight is 756 g/mol. The van der Waals surface area contributed by atoms with Gasteiger partial charge in [-0.3, -0.25) is 4.79 Å². The first kappa shape index (κ1) is 40.9. The molecule has 2 N–H and O–H groups in total. The van der Waals surface area contributed by atoms with Crippen LogP contribution in [-0.4, -0.2) is 64.2 Å². The van der Waals surface area contributed by atoms with Crippen molar-refractivity contribution in [3.63, 3.8) is 0 Å². The first-order valence-electron chi connectivity index (χ1n) is 20.3. The van der Waals surface area contributed by atoms with Crippen LogP contribution < -0.4 is 4.72 Å². The summed E-state index contributed by atoms with van der Waals surface area (Å²) >= 11 is 0. The van der Waals surface area contributed by atoms with Crippen molar-refractivity contribution in [2.75, 3.05) is 26.9 Å². The van der Waals surface area contributed by atoms with Crippen molar-refractivity contribution in [3.8, 4) is 0 Å². The Morgan fingerprint density at radius 1 is 1.02 bits per heavy atom. The quantitative estimate of drug-likeness (QED) is 0.218. The third-order valence-corrected chi connectivity index (χ3v) is 18.5. The van der Waals surface area contributed by atoms with Gasteiger partial charge >= 0.3 is 5.97 Å². The highest BCUT2D eigenvalue weighted by molar-refractivity contribution is 7.89. The predicted octanol–water partition coefficient (Wildman–Crippen LogP) is 8.68. The number of carboxylic acid groups (broad SMARTS) is 1. The zero-order chi connectivity index (χ0) is 39.2. The molecule has 4 fully saturated rings. The minimum atomic E-state index is -3.79. The fraction of sp³-hybridized carbons (Fsp3) is 0.795. The van der Waals surface area contributed by atoms with Gasteiger partial charge in [0, 0.05) is 17.9 Å². The van der Waals surface area contributed by atoms with Gasteiger partial charge in [-0.15, -0.1) is 0 Å². The van der Waals surface area contributed by atoms with Crippen LogP contribution in [0.3, 0.4) is 0 Å². The predicted molar refractivity (Wildman–Crippen MR) is 209 cm³/mol. The molecule has 9 heteroatoms. The van der Waals surface area contributed by atoms with E-state index in [1.54, 1.807) is 19.2 Å². The van der Waals surface area contributed by atoms with Gasteiger partial charge in [-0.05, 0) is 110 Å². The van der Waals surface area contributed by atoms with Crippen LogP contribution in [-0.2, 0) is 29.0 Å². The number of rotatable bonds is 11. The summed E-state index contributed by atoms with van der Waals surface area (Å²) in [5.74, 6) is 0.167. The number of hydrogen-bond acceptors (Lipinski definition) is 6. The molecule has 0 radical (unpaired) electrons. The summed E-state index contributed by atoms with van der Waals surface area (Å²) in [6.07, 6.45) is 7.47. The molecular formula is C44H69NO7S. The Morgan fingerprint density at radius 2 is 1.68 bits per heavy atom. The fourth-order valence-corrected chi connectivity index (χ4v) is 14.3. The van der Waals surface area contributed by atoms with E-state index in [2.05, 4.69) is 59.3 Å². The van der Waals surface area contributed by atoms with Gasteiger partial charge in [0.2, 0.25) is 10.0 Å². The second-order valence-corrected chi connectivity index (χ2v) is 21.7. The number of methoxy groups -OCH3 is 1. The Morgan fingerprint density at radius 3 is 2.26 bits per heavy atom. The van der Waals surface area contributed by atoms with Gasteiger partial charge < -0.3 is 19.3 Å². The number of hydrogen-bond donors (Lipinski definition) is 2. The molecule has 2 bridgehead atoms. The van der Waals surface area contributed by atoms with E-state index in [0.717, 1.165) is 44.1 Å². The summed E-state index contributed by atoms with van der Waals surface area (Å²) in [5, 5.41) is 11.0. The molecule has 12 atom stereocenters. The molecule has 0 unspecified atom stereocenters. The number of ether oxygens (including phenoxy) is 3. The molecule has 53 heavy (non-hydrogen) atoms. The lowest BCUT2D eigenvalue weighted by molar-refractivity contribution is -0.269. The third kappa shape index (κ3) is 6.11. The zero-order valence-corrected chi connectivity index (χ0v) is 35.5. The molecule has 4 aliphatic carbocycles. The van der Waals surface area contributed by atoms with E-state index in [9.17, 15) is 18.3 Å². The maximum atomic E-state index is 13.6. The Bertz CT molecular complexity index is 1690. The minimum absolute atomic E-state index is 0.0461. The van der Waals surface area contributed by atoms with Gasteiger partial charge in [0.1, 0.15) is 0 Å². The fourth-order valence-electron chi connectivity index (χ4n) is 12.7. The molecule has 1 heterocycles. The van der Waals surface area contributed by atoms with E-state index in [0.29, 0.717) is 31.0 Å². The van der Waals surface area contributed by atoms with Crippen LogP contribution in [0, 0.1) is 69.5 Å². The van der Waals surface area contributed by atoms with Gasteiger partial charge in [0.05, 0.1) is 48.4 Å². The first-order chi connectivity index (χ1) is 24.6. The highest BCUT2D eigenvalue weighted by Crippen LogP contribution is 2.75. The monoisotopic (exact) mass is 755 g/mol. The second kappa shape index (κ2) is 13.7. The second-order valence-electron chi connectivity index (χ2n) is 20.0. The van der Waals surface area contributed by atoms with E-state index in [1.807, 2.05) is 39.8 Å². The molecule has 0 aromatic heterocycles. The maximum Gasteiger partial charge on any atom is 0.307 e. The standard InChI is InChI=1S/C44H69NO7S/c1-27(2)30(6)39(7)21-22-41(9)32-17-18-35-40(8)24-51-26-44(35,33(32)19-20-42(41,10)36(39)38(46)47)23-34(50-12)37(40)52-25-43(11,28(3)4)45-53(48,49)31-15-13-29(5)14-16-31/h13-16,19,27-28,30,32,34-37,45H,17-18,20-26H2,1-12H3,(H,46,47)/t30-,32+,34-,35+,36-,37+,39-,40-,41-,42+,43-,44+/m1/s1. The van der Waals surface area contributed by atoms with E-state index in [4.69, 9.17) is 14.2 Å². The van der Waals surface area contributed by atoms with Crippen LogP contribution >= 0.6 is 0 Å². The highest BCUT2D eigenvalue weighted by atomic mass is 32.2. The van der Waals surface area contributed by atoms with Crippen molar-refractivity contribution in [2.45, 2.75) is 137 Å². The SMILES string of the molecule is CO[C@@H]1C[C@@]23COC[C@](C)([C@@H]2CC[C@H]2C3=CC[C@@]3(C)[C@H](C(=O)O)[C@@](C)([C@H](C)C(C)C)CC[C@]23C)[C@H]1OC[C@@](C)(NS(=O)(=O)c1ccc(C)cc1)C(C)C. The molecule has 8 nitrogen and oxygen atoms in total. The molecule has 3 saturated carbocycles. The third-order valence-electron chi connectivity index (χ3n) is 16.9. The summed E-state index contributed by atoms with van der Waals surface area (Å²) in [6.45, 7) is 25.4. The van der Waals surface area contributed by atoms with Crippen LogP contribution in [0.2, 0.25) is 0 Å². The van der Waals surface area contributed by atoms with Crippen molar-refractivity contribution >= 4 is 16.0 Å². The Hall–Kier alpha value is -1.78. The van der Waals surface area contributed by atoms with Crippen LogP contribution in [0.1, 0.15) is 113 Å². The molecule has 5 aliphatic rings. The number of nitrogens with one attached hydrogen (secondary N) is 1. The highest BCUT2D eigenvalue weighted by Gasteiger charge is 2.72. The lowest BCUT2D eigenvalue weighted by Gasteiger charge is -2.71. The molecule has 1 aromatic carbocycles. The lowest BCUT2D eigenvalue weighted by Crippen LogP contribution is -2.70. The van der Waals surface area contributed by atoms with Crippen molar-refractivity contribution in [1.82, 2.24) is 4.72 Å². The molecule has 298 valence electrons. The molecule has 1 aliphatic heterocycles. The van der Waals surface area contributed by atoms with E-state index in [1.165, 1.54) is 5.57 Å². The number of benzene rings is 1. The summed E-state index contributed by atoms with van der Waals surface area (Å²) in [6, 6.07) is 6.94. The number of carbonyl (C=O) groups is 1. The Labute approximate surface area is 320 Å². The Kier molecular flexibility index (Phi) is 10.6. The smallest absolute Gasteiger partial charge is 0.307 e. The summed E-state index contributed by atoms with van der Waals surface area (Å²) in [7, 11) is -2.01. The average Bonchev–Trinajstić information content (AvgIpc) is 3.07. The number of sulfonamides is 1. The largest absolute Gasteiger partial charge is 0.481 e. The zero-order valence-electron chi connectivity index (χ0n) is 34.7. The van der Waals surface area contributed by atoms with Gasteiger partial charge in [-0.1, -0.05) is 91.7 Å². The van der Waals surface area contributed by atoms with E-state index >= 15 is 0 Å². The van der Waals surface area contributed by atoms with Crippen molar-refractivity contribution in [3.05, 3.63) is 41.5 Å². The first-order valence-corrected chi connectivity index (χ1v) is 21.8. The van der Waals surface area contributed by atoms with Gasteiger partial charge in [0.15, 0.2) is 0 Å². The van der Waals surface area contributed by atoms with Gasteiger partial charge in [-0.2, -0.15) is 0 Å². The lowest BCUT2D eigenvalue weighted by atomic mass is 9.34. The molecule has 6 rings (SSSR count). The van der Waals surface area contributed by atoms with Crippen LogP contribution in [0.4, 0.5) is 0 Å². The number of aliphatic carboxylic acids is 1. The minimum Gasteiger partial charge on any atom is -0.481 e. The van der Waals surface area contributed by atoms with Crippen LogP contribution in [0.25, 0.3) is 0 Å². The number of carboxylic acids is 1. The molecule has 0 spiro atoms. The summed E-state index contributed by atoms with van der Waals surface area (Å²) in [5.41, 5.74) is 0.213. The van der Waals surface area contributed by atoms with Gasteiger partial charge in [-0.25, -0.2) is 13.1 Å². The Balaban J connectivity index is 1.32. The van der Waals surface area contributed by atoms with E-state index < -0.39 is 27.4 Å². The van der Waals surface area contributed by atoms with Crippen molar-refractivity contribution in [1.29, 1.82) is 0 Å². The molecule has 1 aromatic rings. The molecule has 1 saturated heterocycles.